The Bertz CT molecular complexity index is 801. The first-order valence-electron chi connectivity index (χ1n) is 10.7. The van der Waals surface area contributed by atoms with Gasteiger partial charge in [0.05, 0.1) is 32.9 Å². The number of guanidine groups is 1. The first kappa shape index (κ1) is 22.1. The largest absolute Gasteiger partial charge is 0.497 e. The summed E-state index contributed by atoms with van der Waals surface area (Å²) in [5, 5.41) is 6.92. The van der Waals surface area contributed by atoms with E-state index in [0.29, 0.717) is 6.54 Å². The third-order valence-electron chi connectivity index (χ3n) is 5.31. The summed E-state index contributed by atoms with van der Waals surface area (Å²) < 4.78 is 10.9. The van der Waals surface area contributed by atoms with E-state index >= 15 is 0 Å². The zero-order valence-electron chi connectivity index (χ0n) is 18.4. The third-order valence-corrected chi connectivity index (χ3v) is 5.31. The second kappa shape index (κ2) is 11.6. The lowest BCUT2D eigenvalue weighted by Crippen LogP contribution is -2.46. The van der Waals surface area contributed by atoms with Crippen molar-refractivity contribution in [2.24, 2.45) is 4.99 Å². The highest BCUT2D eigenvalue weighted by Crippen LogP contribution is 2.22. The van der Waals surface area contributed by atoms with Crippen LogP contribution >= 0.6 is 0 Å². The maximum absolute atomic E-state index is 5.57. The molecule has 0 aromatic heterocycles. The minimum absolute atomic E-state index is 0.273. The van der Waals surface area contributed by atoms with Gasteiger partial charge in [0.25, 0.3) is 0 Å². The molecule has 0 amide bonds. The Morgan fingerprint density at radius 1 is 1.13 bits per heavy atom. The molecule has 2 aromatic rings. The van der Waals surface area contributed by atoms with E-state index in [4.69, 9.17) is 14.5 Å². The lowest BCUT2D eigenvalue weighted by atomic mass is 10.0. The average Bonchev–Trinajstić information content (AvgIpc) is 2.79. The standard InChI is InChI=1S/C24H34N4O2/c1-4-25-24(26-17-20-6-5-7-22(16-20)29-3)27-18-23(28-12-14-30-15-13-28)21-10-8-19(2)9-11-21/h5-11,16,23H,4,12-15,17-18H2,1-3H3,(H2,25,26,27). The van der Waals surface area contributed by atoms with Gasteiger partial charge in [-0.3, -0.25) is 4.90 Å². The minimum atomic E-state index is 0.273. The number of morpholine rings is 1. The highest BCUT2D eigenvalue weighted by Gasteiger charge is 2.22. The molecular weight excluding hydrogens is 376 g/mol. The molecule has 3 rings (SSSR count). The van der Waals surface area contributed by atoms with Gasteiger partial charge in [-0.05, 0) is 37.1 Å². The van der Waals surface area contributed by atoms with Gasteiger partial charge in [0.1, 0.15) is 5.75 Å². The van der Waals surface area contributed by atoms with Crippen molar-refractivity contribution in [1.82, 2.24) is 15.5 Å². The van der Waals surface area contributed by atoms with Crippen LogP contribution in [0.25, 0.3) is 0 Å². The van der Waals surface area contributed by atoms with Crippen LogP contribution in [-0.2, 0) is 11.3 Å². The van der Waals surface area contributed by atoms with Crippen molar-refractivity contribution in [3.8, 4) is 5.75 Å². The van der Waals surface area contributed by atoms with Crippen LogP contribution in [-0.4, -0.2) is 57.4 Å². The molecule has 6 heteroatoms. The zero-order valence-corrected chi connectivity index (χ0v) is 18.4. The summed E-state index contributed by atoms with van der Waals surface area (Å²) in [7, 11) is 1.69. The fourth-order valence-corrected chi connectivity index (χ4v) is 3.61. The number of methoxy groups -OCH3 is 1. The summed E-state index contributed by atoms with van der Waals surface area (Å²) in [6.07, 6.45) is 0. The fourth-order valence-electron chi connectivity index (χ4n) is 3.61. The Labute approximate surface area is 180 Å². The Morgan fingerprint density at radius 3 is 2.60 bits per heavy atom. The average molecular weight is 411 g/mol. The van der Waals surface area contributed by atoms with E-state index in [0.717, 1.165) is 56.7 Å². The normalized spacial score (nSPS) is 16.2. The molecule has 6 nitrogen and oxygen atoms in total. The molecule has 1 heterocycles. The van der Waals surface area contributed by atoms with E-state index < -0.39 is 0 Å². The molecule has 0 aliphatic carbocycles. The molecule has 1 saturated heterocycles. The molecule has 0 saturated carbocycles. The van der Waals surface area contributed by atoms with Gasteiger partial charge in [-0.15, -0.1) is 0 Å². The summed E-state index contributed by atoms with van der Waals surface area (Å²) in [6, 6.07) is 17.1. The second-order valence-corrected chi connectivity index (χ2v) is 7.50. The smallest absolute Gasteiger partial charge is 0.191 e. The Kier molecular flexibility index (Phi) is 8.53. The van der Waals surface area contributed by atoms with E-state index in [2.05, 4.69) is 59.7 Å². The van der Waals surface area contributed by atoms with Gasteiger partial charge in [-0.1, -0.05) is 42.0 Å². The number of hydrogen-bond donors (Lipinski definition) is 2. The number of ether oxygens (including phenoxy) is 2. The molecule has 2 aromatic carbocycles. The van der Waals surface area contributed by atoms with E-state index in [1.54, 1.807) is 7.11 Å². The van der Waals surface area contributed by atoms with Crippen molar-refractivity contribution in [1.29, 1.82) is 0 Å². The third kappa shape index (κ3) is 6.47. The van der Waals surface area contributed by atoms with Crippen LogP contribution in [0.5, 0.6) is 5.75 Å². The van der Waals surface area contributed by atoms with Crippen LogP contribution in [0.15, 0.2) is 53.5 Å². The van der Waals surface area contributed by atoms with E-state index in [-0.39, 0.29) is 6.04 Å². The Balaban J connectivity index is 1.70. The van der Waals surface area contributed by atoms with Crippen LogP contribution in [0.3, 0.4) is 0 Å². The number of aryl methyl sites for hydroxylation is 1. The minimum Gasteiger partial charge on any atom is -0.497 e. The molecule has 1 atom stereocenters. The highest BCUT2D eigenvalue weighted by molar-refractivity contribution is 5.79. The van der Waals surface area contributed by atoms with Crippen molar-refractivity contribution in [2.75, 3.05) is 46.5 Å². The molecule has 1 fully saturated rings. The number of aliphatic imine (C=N–C) groups is 1. The molecular formula is C24H34N4O2. The van der Waals surface area contributed by atoms with Gasteiger partial charge in [0.2, 0.25) is 0 Å². The molecule has 0 radical (unpaired) electrons. The summed E-state index contributed by atoms with van der Waals surface area (Å²) in [5.74, 6) is 1.68. The SMILES string of the molecule is CCNC(=NCc1cccc(OC)c1)NCC(c1ccc(C)cc1)N1CCOCC1. The Morgan fingerprint density at radius 2 is 1.90 bits per heavy atom. The lowest BCUT2D eigenvalue weighted by molar-refractivity contribution is 0.0170. The molecule has 0 spiro atoms. The quantitative estimate of drug-likeness (QED) is 0.517. The predicted molar refractivity (Wildman–Crippen MR) is 122 cm³/mol. The van der Waals surface area contributed by atoms with Crippen LogP contribution in [0.2, 0.25) is 0 Å². The molecule has 30 heavy (non-hydrogen) atoms. The molecule has 1 unspecified atom stereocenters. The van der Waals surface area contributed by atoms with Crippen LogP contribution < -0.4 is 15.4 Å². The fraction of sp³-hybridized carbons (Fsp3) is 0.458. The lowest BCUT2D eigenvalue weighted by Gasteiger charge is -2.35. The summed E-state index contributed by atoms with van der Waals surface area (Å²) in [6.45, 7) is 9.86. The van der Waals surface area contributed by atoms with Gasteiger partial charge in [-0.2, -0.15) is 0 Å². The maximum Gasteiger partial charge on any atom is 0.191 e. The monoisotopic (exact) mass is 410 g/mol. The van der Waals surface area contributed by atoms with Gasteiger partial charge < -0.3 is 20.1 Å². The van der Waals surface area contributed by atoms with Crippen molar-refractivity contribution in [3.05, 3.63) is 65.2 Å². The second-order valence-electron chi connectivity index (χ2n) is 7.50. The summed E-state index contributed by atoms with van der Waals surface area (Å²) >= 11 is 0. The van der Waals surface area contributed by atoms with Crippen molar-refractivity contribution < 1.29 is 9.47 Å². The number of hydrogen-bond acceptors (Lipinski definition) is 4. The highest BCUT2D eigenvalue weighted by atomic mass is 16.5. The molecule has 0 bridgehead atoms. The zero-order chi connectivity index (χ0) is 21.2. The van der Waals surface area contributed by atoms with Crippen molar-refractivity contribution >= 4 is 5.96 Å². The van der Waals surface area contributed by atoms with E-state index in [9.17, 15) is 0 Å². The summed E-state index contributed by atoms with van der Waals surface area (Å²) in [5.41, 5.74) is 3.72. The number of benzene rings is 2. The van der Waals surface area contributed by atoms with Crippen LogP contribution in [0.4, 0.5) is 0 Å². The molecule has 1 aliphatic heterocycles. The van der Waals surface area contributed by atoms with Crippen molar-refractivity contribution in [3.63, 3.8) is 0 Å². The number of rotatable bonds is 8. The van der Waals surface area contributed by atoms with E-state index in [1.807, 2.05) is 18.2 Å². The van der Waals surface area contributed by atoms with Gasteiger partial charge in [0, 0.05) is 26.2 Å². The topological polar surface area (TPSA) is 58.1 Å². The molecule has 2 N–H and O–H groups in total. The summed E-state index contributed by atoms with van der Waals surface area (Å²) in [4.78, 5) is 7.27. The van der Waals surface area contributed by atoms with E-state index in [1.165, 1.54) is 11.1 Å². The van der Waals surface area contributed by atoms with Crippen LogP contribution in [0, 0.1) is 6.92 Å². The molecule has 162 valence electrons. The number of nitrogens with zero attached hydrogens (tertiary/aromatic N) is 2. The van der Waals surface area contributed by atoms with Crippen LogP contribution in [0.1, 0.15) is 29.7 Å². The maximum atomic E-state index is 5.57. The number of nitrogens with one attached hydrogen (secondary N) is 2. The first-order chi connectivity index (χ1) is 14.7. The predicted octanol–water partition coefficient (Wildman–Crippen LogP) is 3.13. The first-order valence-corrected chi connectivity index (χ1v) is 10.7. The van der Waals surface area contributed by atoms with Crippen molar-refractivity contribution in [2.45, 2.75) is 26.4 Å². The Hall–Kier alpha value is -2.57. The van der Waals surface area contributed by atoms with Gasteiger partial charge in [-0.25, -0.2) is 4.99 Å². The van der Waals surface area contributed by atoms with Gasteiger partial charge >= 0.3 is 0 Å². The molecule has 1 aliphatic rings. The van der Waals surface area contributed by atoms with Gasteiger partial charge in [0.15, 0.2) is 5.96 Å².